The molecule has 5 aliphatic carbocycles. The van der Waals surface area contributed by atoms with Crippen LogP contribution in [0, 0.1) is 34.5 Å². The average molecular weight is 272 g/mol. The van der Waals surface area contributed by atoms with Crippen LogP contribution in [0.3, 0.4) is 0 Å². The van der Waals surface area contributed by atoms with Crippen LogP contribution in [0.25, 0.3) is 0 Å². The van der Waals surface area contributed by atoms with Crippen molar-refractivity contribution in [2.75, 3.05) is 0 Å². The minimum absolute atomic E-state index is 0.173. The zero-order chi connectivity index (χ0) is 13.4. The molecule has 0 saturated heterocycles. The Morgan fingerprint density at radius 2 is 1.65 bits per heavy atom. The van der Waals surface area contributed by atoms with E-state index in [1.165, 1.54) is 70.6 Å². The van der Waals surface area contributed by atoms with Crippen molar-refractivity contribution in [1.82, 2.24) is 0 Å². The molecule has 5 rings (SSSR count). The van der Waals surface area contributed by atoms with Gasteiger partial charge in [-0.15, -0.1) is 0 Å². The third-order valence-corrected chi connectivity index (χ3v) is 8.56. The van der Waals surface area contributed by atoms with Gasteiger partial charge in [0.2, 0.25) is 0 Å². The Balaban J connectivity index is 1.67. The van der Waals surface area contributed by atoms with Gasteiger partial charge in [0, 0.05) is 11.8 Å². The van der Waals surface area contributed by atoms with Crippen molar-refractivity contribution in [3.63, 3.8) is 0 Å². The number of rotatable bonds is 0. The van der Waals surface area contributed by atoms with Crippen LogP contribution >= 0.6 is 0 Å². The molecule has 1 heteroatoms. The van der Waals surface area contributed by atoms with Gasteiger partial charge in [0.1, 0.15) is 5.78 Å². The summed E-state index contributed by atoms with van der Waals surface area (Å²) in [6.07, 6.45) is 16.2. The van der Waals surface area contributed by atoms with E-state index < -0.39 is 0 Å². The molecule has 0 aliphatic heterocycles. The fraction of sp³-hybridized carbons (Fsp3) is 0.947. The quantitative estimate of drug-likeness (QED) is 0.622. The van der Waals surface area contributed by atoms with Gasteiger partial charge in [-0.2, -0.15) is 0 Å². The topological polar surface area (TPSA) is 17.1 Å². The zero-order valence-corrected chi connectivity index (χ0v) is 12.7. The Hall–Kier alpha value is -0.330. The molecular formula is C19H28O. The summed E-state index contributed by atoms with van der Waals surface area (Å²) in [7, 11) is 0. The van der Waals surface area contributed by atoms with Crippen LogP contribution in [0.5, 0.6) is 0 Å². The van der Waals surface area contributed by atoms with Crippen molar-refractivity contribution in [2.45, 2.75) is 77.0 Å². The number of Topliss-reactive ketones (excluding diaryl/α,β-unsaturated/α-hetero) is 1. The smallest absolute Gasteiger partial charge is 0.139 e. The fourth-order valence-electron chi connectivity index (χ4n) is 8.21. The summed E-state index contributed by atoms with van der Waals surface area (Å²) in [4.78, 5) is 13.3. The monoisotopic (exact) mass is 272 g/mol. The molecule has 0 amide bonds. The zero-order valence-electron chi connectivity index (χ0n) is 12.7. The first-order chi connectivity index (χ1) is 9.77. The Morgan fingerprint density at radius 1 is 0.850 bits per heavy atom. The van der Waals surface area contributed by atoms with Gasteiger partial charge < -0.3 is 0 Å². The summed E-state index contributed by atoms with van der Waals surface area (Å²) in [6, 6.07) is 0. The predicted octanol–water partition coefficient (Wildman–Crippen LogP) is 4.74. The first-order valence-corrected chi connectivity index (χ1v) is 9.31. The lowest BCUT2D eigenvalue weighted by molar-refractivity contribution is -0.150. The average Bonchev–Trinajstić information content (AvgIpc) is 3.18. The van der Waals surface area contributed by atoms with Crippen LogP contribution in [0.1, 0.15) is 77.0 Å². The van der Waals surface area contributed by atoms with Crippen molar-refractivity contribution in [2.24, 2.45) is 34.5 Å². The Kier molecular flexibility index (Phi) is 2.39. The van der Waals surface area contributed by atoms with E-state index in [1.807, 2.05) is 0 Å². The second-order valence-corrected chi connectivity index (χ2v) is 8.78. The summed E-state index contributed by atoms with van der Waals surface area (Å²) in [6.45, 7) is 0. The number of hydrogen-bond acceptors (Lipinski definition) is 1. The summed E-state index contributed by atoms with van der Waals surface area (Å²) in [5, 5.41) is 0. The van der Waals surface area contributed by atoms with Crippen LogP contribution in [0.4, 0.5) is 0 Å². The highest BCUT2D eigenvalue weighted by Crippen LogP contribution is 2.78. The second kappa shape index (κ2) is 3.90. The Morgan fingerprint density at radius 3 is 2.45 bits per heavy atom. The predicted molar refractivity (Wildman–Crippen MR) is 79.2 cm³/mol. The first kappa shape index (κ1) is 12.2. The third-order valence-electron chi connectivity index (χ3n) is 8.56. The van der Waals surface area contributed by atoms with Gasteiger partial charge in [0.15, 0.2) is 0 Å². The summed E-state index contributed by atoms with van der Waals surface area (Å²) >= 11 is 0. The van der Waals surface area contributed by atoms with E-state index in [2.05, 4.69) is 0 Å². The summed E-state index contributed by atoms with van der Waals surface area (Å²) < 4.78 is 0. The Bertz CT molecular complexity index is 449. The van der Waals surface area contributed by atoms with Crippen molar-refractivity contribution in [1.29, 1.82) is 0 Å². The number of hydrogen-bond donors (Lipinski definition) is 0. The van der Waals surface area contributed by atoms with Crippen LogP contribution in [-0.4, -0.2) is 5.78 Å². The molecule has 2 spiro atoms. The largest absolute Gasteiger partial charge is 0.299 e. The second-order valence-electron chi connectivity index (χ2n) is 8.78. The lowest BCUT2D eigenvalue weighted by Crippen LogP contribution is -2.54. The van der Waals surface area contributed by atoms with Gasteiger partial charge >= 0.3 is 0 Å². The standard InChI is InChI=1S/C19H28O/c20-17-4-2-1-3-9-18(17)15-7-8-16(11-15)19(18)12-13-5-6-14(19)10-13/h13-16H,1-12H2. The van der Waals surface area contributed by atoms with Crippen LogP contribution in [0.2, 0.25) is 0 Å². The molecule has 5 aliphatic rings. The molecule has 0 aromatic heterocycles. The Labute approximate surface area is 122 Å². The first-order valence-electron chi connectivity index (χ1n) is 9.31. The summed E-state index contributed by atoms with van der Waals surface area (Å²) in [5.74, 6) is 4.38. The molecule has 0 N–H and O–H groups in total. The van der Waals surface area contributed by atoms with Crippen molar-refractivity contribution in [3.8, 4) is 0 Å². The maximum Gasteiger partial charge on any atom is 0.139 e. The molecule has 5 fully saturated rings. The van der Waals surface area contributed by atoms with Gasteiger partial charge in [-0.05, 0) is 80.5 Å². The molecule has 4 bridgehead atoms. The molecule has 5 saturated carbocycles. The third kappa shape index (κ3) is 1.17. The van der Waals surface area contributed by atoms with E-state index in [9.17, 15) is 4.79 Å². The van der Waals surface area contributed by atoms with Gasteiger partial charge in [-0.1, -0.05) is 19.3 Å². The van der Waals surface area contributed by atoms with E-state index in [4.69, 9.17) is 0 Å². The van der Waals surface area contributed by atoms with Crippen molar-refractivity contribution in [3.05, 3.63) is 0 Å². The molecule has 110 valence electrons. The molecule has 0 radical (unpaired) electrons. The van der Waals surface area contributed by atoms with Gasteiger partial charge in [-0.3, -0.25) is 4.79 Å². The molecule has 0 aromatic rings. The number of ketones is 1. The molecule has 20 heavy (non-hydrogen) atoms. The van der Waals surface area contributed by atoms with E-state index in [-0.39, 0.29) is 5.41 Å². The number of carbonyl (C=O) groups excluding carboxylic acids is 1. The minimum Gasteiger partial charge on any atom is -0.299 e. The lowest BCUT2D eigenvalue weighted by Gasteiger charge is -2.55. The molecule has 1 nitrogen and oxygen atoms in total. The maximum atomic E-state index is 13.3. The van der Waals surface area contributed by atoms with Crippen LogP contribution < -0.4 is 0 Å². The van der Waals surface area contributed by atoms with E-state index in [0.717, 1.165) is 35.9 Å². The highest BCUT2D eigenvalue weighted by Gasteiger charge is 2.74. The molecular weight excluding hydrogens is 244 g/mol. The minimum atomic E-state index is 0.173. The van der Waals surface area contributed by atoms with E-state index >= 15 is 0 Å². The van der Waals surface area contributed by atoms with Crippen LogP contribution in [-0.2, 0) is 4.79 Å². The van der Waals surface area contributed by atoms with Gasteiger partial charge in [0.25, 0.3) is 0 Å². The highest BCUT2D eigenvalue weighted by molar-refractivity contribution is 5.87. The highest BCUT2D eigenvalue weighted by atomic mass is 16.1. The molecule has 0 aromatic carbocycles. The fourth-order valence-corrected chi connectivity index (χ4v) is 8.21. The van der Waals surface area contributed by atoms with Gasteiger partial charge in [-0.25, -0.2) is 0 Å². The van der Waals surface area contributed by atoms with Crippen LogP contribution in [0.15, 0.2) is 0 Å². The number of fused-ring (bicyclic) bond motifs is 8. The molecule has 0 heterocycles. The van der Waals surface area contributed by atoms with E-state index in [1.54, 1.807) is 0 Å². The SMILES string of the molecule is O=C1CCCCCC12C1CCC(C1)C21CC2CCC1C2. The van der Waals surface area contributed by atoms with Crippen molar-refractivity contribution >= 4 is 5.78 Å². The number of carbonyl (C=O) groups is 1. The lowest BCUT2D eigenvalue weighted by atomic mass is 9.47. The molecule has 6 atom stereocenters. The van der Waals surface area contributed by atoms with Crippen molar-refractivity contribution < 1.29 is 4.79 Å². The normalized spacial score (nSPS) is 57.1. The maximum absolute atomic E-state index is 13.3. The van der Waals surface area contributed by atoms with Gasteiger partial charge in [0.05, 0.1) is 0 Å². The van der Waals surface area contributed by atoms with E-state index in [0.29, 0.717) is 5.41 Å². The summed E-state index contributed by atoms with van der Waals surface area (Å²) in [5.41, 5.74) is 0.673. The molecule has 6 unspecified atom stereocenters.